The normalized spacial score (nSPS) is 17.8. The fourth-order valence-electron chi connectivity index (χ4n) is 3.85. The molecule has 9 nitrogen and oxygen atoms in total. The summed E-state index contributed by atoms with van der Waals surface area (Å²) in [5.74, 6) is -1.33. The van der Waals surface area contributed by atoms with E-state index in [1.165, 1.54) is 25.3 Å². The van der Waals surface area contributed by atoms with Crippen molar-refractivity contribution in [2.24, 2.45) is 5.92 Å². The molecule has 31 heavy (non-hydrogen) atoms. The van der Waals surface area contributed by atoms with Crippen molar-refractivity contribution in [2.45, 2.75) is 25.9 Å². The van der Waals surface area contributed by atoms with Crippen LogP contribution in [0.15, 0.2) is 18.2 Å². The van der Waals surface area contributed by atoms with E-state index in [0.29, 0.717) is 43.0 Å². The minimum atomic E-state index is -0.568. The minimum absolute atomic E-state index is 0.0844. The Hall–Kier alpha value is -3.14. The van der Waals surface area contributed by atoms with Gasteiger partial charge in [-0.3, -0.25) is 14.3 Å². The van der Waals surface area contributed by atoms with Crippen molar-refractivity contribution in [3.8, 4) is 0 Å². The van der Waals surface area contributed by atoms with Gasteiger partial charge in [-0.15, -0.1) is 0 Å². The molecule has 3 amide bonds. The Kier molecular flexibility index (Phi) is 5.81. The van der Waals surface area contributed by atoms with Crippen LogP contribution in [0.25, 0.3) is 0 Å². The number of hydrogen-bond donors (Lipinski definition) is 2. The number of anilines is 1. The predicted octanol–water partition coefficient (Wildman–Crippen LogP) is 2.19. The highest BCUT2D eigenvalue weighted by Gasteiger charge is 2.33. The SMILES string of the molecule is COC(=O)CC1CNC(=O)c2c3c(nn2C1)CCN(C(=O)Nc1ccc(F)c(Cl)c1)C3. The van der Waals surface area contributed by atoms with Crippen molar-refractivity contribution < 1.29 is 23.5 Å². The molecule has 1 aromatic carbocycles. The van der Waals surface area contributed by atoms with Crippen molar-refractivity contribution in [1.29, 1.82) is 0 Å². The zero-order valence-electron chi connectivity index (χ0n) is 16.8. The second-order valence-electron chi connectivity index (χ2n) is 7.54. The largest absolute Gasteiger partial charge is 0.469 e. The smallest absolute Gasteiger partial charge is 0.322 e. The number of fused-ring (bicyclic) bond motifs is 3. The van der Waals surface area contributed by atoms with Crippen LogP contribution in [-0.4, -0.2) is 52.8 Å². The fraction of sp³-hybridized carbons (Fsp3) is 0.400. The Labute approximate surface area is 182 Å². The van der Waals surface area contributed by atoms with Crippen molar-refractivity contribution in [3.63, 3.8) is 0 Å². The van der Waals surface area contributed by atoms with Crippen LogP contribution in [-0.2, 0) is 29.0 Å². The van der Waals surface area contributed by atoms with E-state index in [9.17, 15) is 18.8 Å². The Morgan fingerprint density at radius 2 is 2.23 bits per heavy atom. The molecule has 0 fully saturated rings. The molecular weight excluding hydrogens is 429 g/mol. The molecule has 0 saturated heterocycles. The molecule has 3 heterocycles. The zero-order chi connectivity index (χ0) is 22.1. The van der Waals surface area contributed by atoms with Gasteiger partial charge in [-0.05, 0) is 18.2 Å². The zero-order valence-corrected chi connectivity index (χ0v) is 17.5. The summed E-state index contributed by atoms with van der Waals surface area (Å²) >= 11 is 5.77. The Bertz CT molecular complexity index is 1060. The first kappa shape index (κ1) is 21.1. The molecule has 2 aliphatic heterocycles. The van der Waals surface area contributed by atoms with Crippen molar-refractivity contribution in [2.75, 3.05) is 25.5 Å². The molecule has 1 unspecified atom stereocenters. The molecule has 0 spiro atoms. The van der Waals surface area contributed by atoms with E-state index in [4.69, 9.17) is 16.3 Å². The standard InChI is InChI=1S/C20H21ClFN5O4/c1-31-17(28)6-11-8-23-19(29)18-13-10-26(5-4-16(13)25-27(18)9-11)20(30)24-12-2-3-15(22)14(21)7-12/h2-3,7,11H,4-6,8-10H2,1H3,(H,23,29)(H,24,30). The summed E-state index contributed by atoms with van der Waals surface area (Å²) < 4.78 is 19.7. The fourth-order valence-corrected chi connectivity index (χ4v) is 4.03. The number of nitrogens with zero attached hydrogens (tertiary/aromatic N) is 3. The number of hydrogen-bond acceptors (Lipinski definition) is 5. The Morgan fingerprint density at radius 3 is 2.97 bits per heavy atom. The molecule has 2 N–H and O–H groups in total. The third kappa shape index (κ3) is 4.34. The molecule has 1 aromatic heterocycles. The second-order valence-corrected chi connectivity index (χ2v) is 7.95. The lowest BCUT2D eigenvalue weighted by atomic mass is 10.1. The van der Waals surface area contributed by atoms with Crippen LogP contribution in [0.3, 0.4) is 0 Å². The number of amides is 3. The van der Waals surface area contributed by atoms with Gasteiger partial charge in [-0.25, -0.2) is 9.18 Å². The summed E-state index contributed by atoms with van der Waals surface area (Å²) in [5, 5.41) is 10.0. The van der Waals surface area contributed by atoms with Crippen LogP contribution in [0.5, 0.6) is 0 Å². The summed E-state index contributed by atoms with van der Waals surface area (Å²) in [6, 6.07) is 3.56. The van der Waals surface area contributed by atoms with Crippen molar-refractivity contribution >= 4 is 35.2 Å². The van der Waals surface area contributed by atoms with Gasteiger partial charge in [0.2, 0.25) is 0 Å². The summed E-state index contributed by atoms with van der Waals surface area (Å²) in [5.41, 5.74) is 2.23. The molecule has 4 rings (SSSR count). The number of esters is 1. The van der Waals surface area contributed by atoms with Crippen LogP contribution in [0.2, 0.25) is 5.02 Å². The highest BCUT2D eigenvalue weighted by Crippen LogP contribution is 2.26. The molecule has 0 bridgehead atoms. The molecule has 0 aliphatic carbocycles. The number of carbonyl (C=O) groups excluding carboxylic acids is 3. The van der Waals surface area contributed by atoms with E-state index in [-0.39, 0.29) is 41.8 Å². The van der Waals surface area contributed by atoms with Gasteiger partial charge in [0, 0.05) is 43.2 Å². The Morgan fingerprint density at radius 1 is 1.42 bits per heavy atom. The lowest BCUT2D eigenvalue weighted by Gasteiger charge is -2.27. The molecule has 2 aliphatic rings. The highest BCUT2D eigenvalue weighted by atomic mass is 35.5. The number of rotatable bonds is 3. The van der Waals surface area contributed by atoms with Gasteiger partial charge >= 0.3 is 12.0 Å². The molecule has 0 saturated carbocycles. The minimum Gasteiger partial charge on any atom is -0.469 e. The van der Waals surface area contributed by atoms with Gasteiger partial charge in [0.15, 0.2) is 0 Å². The Balaban J connectivity index is 1.52. The number of benzene rings is 1. The molecular formula is C20H21ClFN5O4. The van der Waals surface area contributed by atoms with Gasteiger partial charge in [0.1, 0.15) is 11.5 Å². The average Bonchev–Trinajstić information content (AvgIpc) is 3.03. The number of halogens is 2. The first-order valence-electron chi connectivity index (χ1n) is 9.80. The van der Waals surface area contributed by atoms with E-state index >= 15 is 0 Å². The van der Waals surface area contributed by atoms with Crippen LogP contribution >= 0.6 is 11.6 Å². The van der Waals surface area contributed by atoms with Crippen LogP contribution in [0.4, 0.5) is 14.9 Å². The highest BCUT2D eigenvalue weighted by molar-refractivity contribution is 6.31. The molecule has 164 valence electrons. The molecule has 1 atom stereocenters. The topological polar surface area (TPSA) is 106 Å². The van der Waals surface area contributed by atoms with Gasteiger partial charge in [0.25, 0.3) is 5.91 Å². The van der Waals surface area contributed by atoms with E-state index in [1.807, 2.05) is 0 Å². The predicted molar refractivity (Wildman–Crippen MR) is 109 cm³/mol. The lowest BCUT2D eigenvalue weighted by Crippen LogP contribution is -2.39. The summed E-state index contributed by atoms with van der Waals surface area (Å²) in [7, 11) is 1.33. The average molecular weight is 450 g/mol. The molecule has 0 radical (unpaired) electrons. The van der Waals surface area contributed by atoms with Crippen molar-refractivity contribution in [3.05, 3.63) is 46.0 Å². The first-order valence-corrected chi connectivity index (χ1v) is 10.2. The quantitative estimate of drug-likeness (QED) is 0.699. The first-order chi connectivity index (χ1) is 14.9. The van der Waals surface area contributed by atoms with E-state index in [0.717, 1.165) is 5.69 Å². The number of urea groups is 1. The maximum absolute atomic E-state index is 13.3. The summed E-state index contributed by atoms with van der Waals surface area (Å²) in [6.07, 6.45) is 0.664. The third-order valence-electron chi connectivity index (χ3n) is 5.44. The van der Waals surface area contributed by atoms with Crippen LogP contribution in [0.1, 0.15) is 28.2 Å². The van der Waals surface area contributed by atoms with Crippen molar-refractivity contribution in [1.82, 2.24) is 20.0 Å². The third-order valence-corrected chi connectivity index (χ3v) is 5.73. The number of ether oxygens (including phenoxy) is 1. The maximum atomic E-state index is 13.3. The van der Waals surface area contributed by atoms with Gasteiger partial charge in [-0.2, -0.15) is 5.10 Å². The van der Waals surface area contributed by atoms with Gasteiger partial charge < -0.3 is 20.3 Å². The molecule has 2 aromatic rings. The van der Waals surface area contributed by atoms with Gasteiger partial charge in [0.05, 0.1) is 30.8 Å². The van der Waals surface area contributed by atoms with Crippen LogP contribution in [0, 0.1) is 11.7 Å². The van der Waals surface area contributed by atoms with Gasteiger partial charge in [-0.1, -0.05) is 11.6 Å². The monoisotopic (exact) mass is 449 g/mol. The summed E-state index contributed by atoms with van der Waals surface area (Å²) in [4.78, 5) is 38.6. The van der Waals surface area contributed by atoms with E-state index in [1.54, 1.807) is 9.58 Å². The number of nitrogens with one attached hydrogen (secondary N) is 2. The molecule has 11 heteroatoms. The number of methoxy groups -OCH3 is 1. The van der Waals surface area contributed by atoms with E-state index < -0.39 is 5.82 Å². The van der Waals surface area contributed by atoms with Crippen LogP contribution < -0.4 is 10.6 Å². The van der Waals surface area contributed by atoms with E-state index in [2.05, 4.69) is 15.7 Å². The number of carbonyl (C=O) groups is 3. The second kappa shape index (κ2) is 8.54. The number of aromatic nitrogens is 2. The maximum Gasteiger partial charge on any atom is 0.322 e. The lowest BCUT2D eigenvalue weighted by molar-refractivity contribution is -0.141. The summed E-state index contributed by atoms with van der Waals surface area (Å²) in [6.45, 7) is 1.36.